The summed E-state index contributed by atoms with van der Waals surface area (Å²) in [6, 6.07) is 85.4. The lowest BCUT2D eigenvalue weighted by molar-refractivity contribution is 1.08. The molecule has 0 bridgehead atoms. The zero-order valence-electron chi connectivity index (χ0n) is 39.9. The molecule has 0 radical (unpaired) electrons. The van der Waals surface area contributed by atoms with Crippen molar-refractivity contribution in [3.8, 4) is 33.9 Å². The number of para-hydroxylation sites is 8. The van der Waals surface area contributed by atoms with Gasteiger partial charge in [-0.25, -0.2) is 19.9 Å². The van der Waals surface area contributed by atoms with E-state index in [4.69, 9.17) is 19.9 Å². The van der Waals surface area contributed by atoms with E-state index in [1.54, 1.807) is 0 Å². The summed E-state index contributed by atoms with van der Waals surface area (Å²) >= 11 is 0. The molecular weight excluding hydrogens is 909 g/mol. The third-order valence-electron chi connectivity index (χ3n) is 13.8. The van der Waals surface area contributed by atoms with Gasteiger partial charge in [-0.05, 0) is 145 Å². The first-order valence-electron chi connectivity index (χ1n) is 24.6. The topological polar surface area (TPSA) is 77.8 Å². The Balaban J connectivity index is 0.983. The molecule has 0 spiro atoms. The van der Waals surface area contributed by atoms with Gasteiger partial charge in [0.1, 0.15) is 25.3 Å². The van der Waals surface area contributed by atoms with E-state index in [1.807, 2.05) is 49.6 Å². The first-order valence-corrected chi connectivity index (χ1v) is 24.6. The second-order valence-electron chi connectivity index (χ2n) is 18.2. The molecule has 14 aromatic rings. The van der Waals surface area contributed by atoms with Crippen molar-refractivity contribution in [3.63, 3.8) is 0 Å². The number of anilines is 6. The smallest absolute Gasteiger partial charge is 0.100 e. The summed E-state index contributed by atoms with van der Waals surface area (Å²) in [4.78, 5) is 23.8. The van der Waals surface area contributed by atoms with Gasteiger partial charge >= 0.3 is 0 Å². The van der Waals surface area contributed by atoms with Crippen LogP contribution >= 0.6 is 0 Å². The number of hydrogen-bond donors (Lipinski definition) is 0. The molecule has 0 fully saturated rings. The quantitative estimate of drug-likeness (QED) is 0.129. The van der Waals surface area contributed by atoms with Crippen LogP contribution in [0.4, 0.5) is 34.1 Å². The van der Waals surface area contributed by atoms with Crippen LogP contribution in [0.15, 0.2) is 268 Å². The number of imidazole rings is 4. The maximum absolute atomic E-state index is 4.77. The average Bonchev–Trinajstić information content (AvgIpc) is 4.30. The first kappa shape index (κ1) is 42.5. The molecule has 0 atom stereocenters. The highest BCUT2D eigenvalue weighted by Gasteiger charge is 2.23. The minimum absolute atomic E-state index is 0.939. The fourth-order valence-corrected chi connectivity index (χ4v) is 10.4. The van der Waals surface area contributed by atoms with Gasteiger partial charge in [0.05, 0.1) is 49.8 Å². The van der Waals surface area contributed by atoms with Crippen LogP contribution in [0.2, 0.25) is 0 Å². The minimum Gasteiger partial charge on any atom is -0.310 e. The van der Waals surface area contributed by atoms with Crippen LogP contribution in [0, 0.1) is 0 Å². The summed E-state index contributed by atoms with van der Waals surface area (Å²) in [7, 11) is 0. The van der Waals surface area contributed by atoms with Crippen molar-refractivity contribution in [1.29, 1.82) is 0 Å². The van der Waals surface area contributed by atoms with Gasteiger partial charge in [-0.3, -0.25) is 18.3 Å². The van der Waals surface area contributed by atoms with Gasteiger partial charge in [0.25, 0.3) is 0 Å². The Kier molecular flexibility index (Phi) is 10.2. The van der Waals surface area contributed by atoms with E-state index in [2.05, 4.69) is 246 Å². The van der Waals surface area contributed by atoms with Gasteiger partial charge in [-0.2, -0.15) is 0 Å². The molecule has 0 saturated carbocycles. The number of nitrogens with zero attached hydrogens (tertiary/aromatic N) is 10. The lowest BCUT2D eigenvalue weighted by Crippen LogP contribution is -2.14. The summed E-state index contributed by atoms with van der Waals surface area (Å²) in [5.74, 6) is 0. The Morgan fingerprint density at radius 1 is 0.257 bits per heavy atom. The summed E-state index contributed by atoms with van der Waals surface area (Å²) in [5.41, 5.74) is 19.9. The zero-order chi connectivity index (χ0) is 49.0. The Morgan fingerprint density at radius 2 is 0.581 bits per heavy atom. The van der Waals surface area contributed by atoms with E-state index in [1.165, 1.54) is 0 Å². The van der Waals surface area contributed by atoms with Crippen molar-refractivity contribution in [1.82, 2.24) is 38.2 Å². The van der Waals surface area contributed by atoms with E-state index in [0.717, 1.165) is 112 Å². The lowest BCUT2D eigenvalue weighted by atomic mass is 10.00. The lowest BCUT2D eigenvalue weighted by Gasteiger charge is -2.31. The molecule has 10 aromatic carbocycles. The maximum atomic E-state index is 4.77. The molecule has 10 heteroatoms. The maximum Gasteiger partial charge on any atom is 0.100 e. The number of hydrogen-bond acceptors (Lipinski definition) is 6. The summed E-state index contributed by atoms with van der Waals surface area (Å²) in [6.07, 6.45) is 7.63. The zero-order valence-corrected chi connectivity index (χ0v) is 39.9. The van der Waals surface area contributed by atoms with Gasteiger partial charge < -0.3 is 9.80 Å². The number of rotatable bonds is 11. The van der Waals surface area contributed by atoms with E-state index < -0.39 is 0 Å². The van der Waals surface area contributed by atoms with Gasteiger partial charge in [0, 0.05) is 56.7 Å². The molecule has 0 N–H and O–H groups in total. The van der Waals surface area contributed by atoms with Crippen molar-refractivity contribution >= 4 is 78.3 Å². The Labute approximate surface area is 426 Å². The monoisotopic (exact) mass is 952 g/mol. The number of benzene rings is 10. The molecule has 10 nitrogen and oxygen atoms in total. The van der Waals surface area contributed by atoms with Crippen LogP contribution in [-0.2, 0) is 0 Å². The Bertz CT molecular complexity index is 4140. The molecule has 4 heterocycles. The van der Waals surface area contributed by atoms with Gasteiger partial charge in [-0.1, -0.05) is 103 Å². The molecule has 350 valence electrons. The number of aromatic nitrogens is 8. The SMILES string of the molecule is c1ccc(-c2cc(N(c3cccc(-n4cnc5ccccc54)c3)c3cccc(-n4cnc5ccccc54)c3)ccc2N(c2cccc(-n3cnc4ccccc43)c2)c2cccc(-n3cnc4ccccc43)c2)cc1. The second kappa shape index (κ2) is 17.8. The predicted molar refractivity (Wildman–Crippen MR) is 300 cm³/mol. The van der Waals surface area contributed by atoms with E-state index in [0.29, 0.717) is 0 Å². The fourth-order valence-electron chi connectivity index (χ4n) is 10.4. The van der Waals surface area contributed by atoms with Crippen LogP contribution < -0.4 is 9.80 Å². The largest absolute Gasteiger partial charge is 0.310 e. The van der Waals surface area contributed by atoms with E-state index >= 15 is 0 Å². The highest BCUT2D eigenvalue weighted by atomic mass is 15.2. The van der Waals surface area contributed by atoms with E-state index in [-0.39, 0.29) is 0 Å². The summed E-state index contributed by atoms with van der Waals surface area (Å²) < 4.78 is 8.63. The summed E-state index contributed by atoms with van der Waals surface area (Å²) in [5, 5.41) is 0. The second-order valence-corrected chi connectivity index (χ2v) is 18.2. The van der Waals surface area contributed by atoms with Gasteiger partial charge in [0.2, 0.25) is 0 Å². The van der Waals surface area contributed by atoms with Crippen LogP contribution in [0.1, 0.15) is 0 Å². The first-order chi connectivity index (χ1) is 36.7. The van der Waals surface area contributed by atoms with Gasteiger partial charge in [-0.15, -0.1) is 0 Å². The van der Waals surface area contributed by atoms with Crippen LogP contribution in [0.5, 0.6) is 0 Å². The van der Waals surface area contributed by atoms with Gasteiger partial charge in [0.15, 0.2) is 0 Å². The molecule has 0 saturated heterocycles. The molecule has 14 rings (SSSR count). The third kappa shape index (κ3) is 7.44. The molecule has 4 aromatic heterocycles. The standard InChI is InChI=1S/C64H44N10/c1-2-16-45(17-3-1)55-40-54(73(50-22-12-18-46(36-50)69-41-65-56-26-4-8-30-61(56)69)51-23-13-19-47(37-51)70-42-66-57-27-5-9-31-62(57)70)34-35-60(55)74(52-24-14-20-48(38-52)71-43-67-58-28-6-10-32-63(58)71)53-25-15-21-49(39-53)72-44-68-59-29-7-11-33-64(59)72/h1-44H. The van der Waals surface area contributed by atoms with Crippen molar-refractivity contribution in [2.45, 2.75) is 0 Å². The Hall–Kier alpha value is -10.3. The highest BCUT2D eigenvalue weighted by molar-refractivity contribution is 5.93. The van der Waals surface area contributed by atoms with Crippen molar-refractivity contribution < 1.29 is 0 Å². The molecule has 0 aliphatic rings. The minimum atomic E-state index is 0.939. The highest BCUT2D eigenvalue weighted by Crippen LogP contribution is 2.46. The predicted octanol–water partition coefficient (Wildman–Crippen LogP) is 15.6. The van der Waals surface area contributed by atoms with E-state index in [9.17, 15) is 0 Å². The van der Waals surface area contributed by atoms with Crippen LogP contribution in [0.3, 0.4) is 0 Å². The molecule has 0 aliphatic heterocycles. The molecule has 0 aliphatic carbocycles. The molecule has 0 amide bonds. The van der Waals surface area contributed by atoms with Crippen molar-refractivity contribution in [2.24, 2.45) is 0 Å². The molecule has 0 unspecified atom stereocenters. The van der Waals surface area contributed by atoms with Crippen molar-refractivity contribution in [2.75, 3.05) is 9.80 Å². The third-order valence-corrected chi connectivity index (χ3v) is 13.8. The van der Waals surface area contributed by atoms with Crippen LogP contribution in [0.25, 0.3) is 78.0 Å². The number of fused-ring (bicyclic) bond motifs is 4. The van der Waals surface area contributed by atoms with Crippen molar-refractivity contribution in [3.05, 3.63) is 268 Å². The summed E-state index contributed by atoms with van der Waals surface area (Å²) in [6.45, 7) is 0. The molecule has 74 heavy (non-hydrogen) atoms. The Morgan fingerprint density at radius 3 is 0.959 bits per heavy atom. The normalized spacial score (nSPS) is 11.5. The molecular formula is C64H44N10. The average molecular weight is 953 g/mol. The fraction of sp³-hybridized carbons (Fsp3) is 0. The van der Waals surface area contributed by atoms with Crippen LogP contribution in [-0.4, -0.2) is 38.2 Å².